The van der Waals surface area contributed by atoms with Gasteiger partial charge < -0.3 is 10.1 Å². The normalized spacial score (nSPS) is 15.2. The van der Waals surface area contributed by atoms with Crippen LogP contribution in [0.25, 0.3) is 0 Å². The van der Waals surface area contributed by atoms with Gasteiger partial charge in [0.1, 0.15) is 5.82 Å². The van der Waals surface area contributed by atoms with E-state index in [2.05, 4.69) is 15.3 Å². The molecule has 1 aromatic rings. The minimum Gasteiger partial charge on any atom is -0.381 e. The summed E-state index contributed by atoms with van der Waals surface area (Å²) in [5.74, 6) is 1.71. The molecule has 0 atom stereocenters. The molecule has 1 saturated carbocycles. The summed E-state index contributed by atoms with van der Waals surface area (Å²) in [6.45, 7) is 3.52. The van der Waals surface area contributed by atoms with Crippen molar-refractivity contribution >= 4 is 0 Å². The van der Waals surface area contributed by atoms with Gasteiger partial charge in [0.05, 0.1) is 6.54 Å². The molecule has 1 fully saturated rings. The smallest absolute Gasteiger partial charge is 0.141 e. The molecule has 4 nitrogen and oxygen atoms in total. The van der Waals surface area contributed by atoms with Crippen molar-refractivity contribution in [2.24, 2.45) is 5.92 Å². The fourth-order valence-electron chi connectivity index (χ4n) is 1.46. The van der Waals surface area contributed by atoms with Crippen LogP contribution in [0.3, 0.4) is 0 Å². The molecule has 0 aliphatic heterocycles. The summed E-state index contributed by atoms with van der Waals surface area (Å²) in [5.41, 5.74) is 0. The van der Waals surface area contributed by atoms with Crippen molar-refractivity contribution in [2.45, 2.75) is 25.8 Å². The van der Waals surface area contributed by atoms with Gasteiger partial charge in [0, 0.05) is 25.6 Å². The first-order valence-corrected chi connectivity index (χ1v) is 5.99. The summed E-state index contributed by atoms with van der Waals surface area (Å²) in [7, 11) is 0. The maximum absolute atomic E-state index is 5.54. The van der Waals surface area contributed by atoms with E-state index in [4.69, 9.17) is 4.74 Å². The zero-order valence-corrected chi connectivity index (χ0v) is 9.56. The molecular weight excluding hydrogens is 202 g/mol. The summed E-state index contributed by atoms with van der Waals surface area (Å²) in [5, 5.41) is 3.30. The Bertz CT molecular complexity index is 288. The third kappa shape index (κ3) is 4.68. The van der Waals surface area contributed by atoms with Gasteiger partial charge >= 0.3 is 0 Å². The van der Waals surface area contributed by atoms with Crippen LogP contribution in [0.5, 0.6) is 0 Å². The van der Waals surface area contributed by atoms with Crippen molar-refractivity contribution in [2.75, 3.05) is 19.8 Å². The fourth-order valence-corrected chi connectivity index (χ4v) is 1.46. The first-order chi connectivity index (χ1) is 7.95. The molecule has 4 heteroatoms. The predicted octanol–water partition coefficient (Wildman–Crippen LogP) is 1.38. The number of rotatable bonds is 8. The highest BCUT2D eigenvalue weighted by Gasteiger charge is 2.20. The molecule has 16 heavy (non-hydrogen) atoms. The van der Waals surface area contributed by atoms with E-state index in [-0.39, 0.29) is 0 Å². The Balaban J connectivity index is 1.42. The third-order valence-corrected chi connectivity index (χ3v) is 2.60. The number of nitrogens with zero attached hydrogens (tertiary/aromatic N) is 2. The second-order valence-corrected chi connectivity index (χ2v) is 4.21. The number of hydrogen-bond acceptors (Lipinski definition) is 4. The number of aromatic nitrogens is 2. The maximum atomic E-state index is 5.54. The molecule has 0 spiro atoms. The zero-order chi connectivity index (χ0) is 11.1. The largest absolute Gasteiger partial charge is 0.381 e. The van der Waals surface area contributed by atoms with Crippen LogP contribution in [0, 0.1) is 5.92 Å². The Morgan fingerprint density at radius 1 is 1.31 bits per heavy atom. The van der Waals surface area contributed by atoms with E-state index >= 15 is 0 Å². The average Bonchev–Trinajstić information content (AvgIpc) is 3.13. The van der Waals surface area contributed by atoms with E-state index in [1.807, 2.05) is 6.07 Å². The minimum atomic E-state index is 0.740. The number of hydrogen-bond donors (Lipinski definition) is 1. The lowest BCUT2D eigenvalue weighted by Crippen LogP contribution is -2.18. The molecular formula is C12H19N3O. The standard InChI is InChI=1S/C12H19N3O/c1-6-14-12(15-7-1)9-13-5-2-8-16-10-11-3-4-11/h1,6-7,11,13H,2-5,8-10H2. The summed E-state index contributed by atoms with van der Waals surface area (Å²) >= 11 is 0. The van der Waals surface area contributed by atoms with Gasteiger partial charge in [-0.3, -0.25) is 0 Å². The van der Waals surface area contributed by atoms with Crippen molar-refractivity contribution in [3.63, 3.8) is 0 Å². The number of ether oxygens (including phenoxy) is 1. The Labute approximate surface area is 96.4 Å². The van der Waals surface area contributed by atoms with Gasteiger partial charge in [-0.15, -0.1) is 0 Å². The van der Waals surface area contributed by atoms with E-state index in [1.165, 1.54) is 12.8 Å². The molecule has 0 aromatic carbocycles. The highest BCUT2D eigenvalue weighted by atomic mass is 16.5. The maximum Gasteiger partial charge on any atom is 0.141 e. The molecule has 2 rings (SSSR count). The molecule has 1 aliphatic rings. The first kappa shape index (κ1) is 11.5. The van der Waals surface area contributed by atoms with Crippen LogP contribution in [-0.2, 0) is 11.3 Å². The second kappa shape index (κ2) is 6.55. The van der Waals surface area contributed by atoms with Crippen LogP contribution < -0.4 is 5.32 Å². The van der Waals surface area contributed by atoms with Gasteiger partial charge in [-0.1, -0.05) is 0 Å². The van der Waals surface area contributed by atoms with E-state index in [0.29, 0.717) is 0 Å². The van der Waals surface area contributed by atoms with Gasteiger partial charge in [-0.05, 0) is 37.8 Å². The van der Waals surface area contributed by atoms with Gasteiger partial charge in [0.2, 0.25) is 0 Å². The van der Waals surface area contributed by atoms with Crippen LogP contribution in [0.15, 0.2) is 18.5 Å². The summed E-state index contributed by atoms with van der Waals surface area (Å²) in [4.78, 5) is 8.28. The quantitative estimate of drug-likeness (QED) is 0.674. The second-order valence-electron chi connectivity index (χ2n) is 4.21. The lowest BCUT2D eigenvalue weighted by Gasteiger charge is -2.04. The molecule has 1 aromatic heterocycles. The van der Waals surface area contributed by atoms with Crippen LogP contribution >= 0.6 is 0 Å². The van der Waals surface area contributed by atoms with Crippen LogP contribution in [-0.4, -0.2) is 29.7 Å². The lowest BCUT2D eigenvalue weighted by molar-refractivity contribution is 0.122. The van der Waals surface area contributed by atoms with Crippen molar-refractivity contribution in [1.29, 1.82) is 0 Å². The molecule has 88 valence electrons. The summed E-state index contributed by atoms with van der Waals surface area (Å²) < 4.78 is 5.54. The zero-order valence-electron chi connectivity index (χ0n) is 9.56. The SMILES string of the molecule is c1cnc(CNCCCOCC2CC2)nc1. The van der Waals surface area contributed by atoms with Crippen LogP contribution in [0.1, 0.15) is 25.1 Å². The topological polar surface area (TPSA) is 47.0 Å². The van der Waals surface area contributed by atoms with E-state index in [0.717, 1.165) is 44.5 Å². The predicted molar refractivity (Wildman–Crippen MR) is 61.9 cm³/mol. The number of nitrogens with one attached hydrogen (secondary N) is 1. The monoisotopic (exact) mass is 221 g/mol. The van der Waals surface area contributed by atoms with Crippen molar-refractivity contribution < 1.29 is 4.74 Å². The van der Waals surface area contributed by atoms with Crippen molar-refractivity contribution in [3.05, 3.63) is 24.3 Å². The molecule has 0 radical (unpaired) electrons. The Kier molecular flexibility index (Phi) is 4.70. The fraction of sp³-hybridized carbons (Fsp3) is 0.667. The van der Waals surface area contributed by atoms with Crippen molar-refractivity contribution in [3.8, 4) is 0 Å². The molecule has 1 heterocycles. The Morgan fingerprint density at radius 2 is 2.12 bits per heavy atom. The first-order valence-electron chi connectivity index (χ1n) is 5.99. The Hall–Kier alpha value is -1.00. The van der Waals surface area contributed by atoms with Gasteiger partial charge in [-0.25, -0.2) is 9.97 Å². The minimum absolute atomic E-state index is 0.740. The van der Waals surface area contributed by atoms with Gasteiger partial charge in [-0.2, -0.15) is 0 Å². The molecule has 1 aliphatic carbocycles. The molecule has 0 bridgehead atoms. The highest BCUT2D eigenvalue weighted by Crippen LogP contribution is 2.28. The highest BCUT2D eigenvalue weighted by molar-refractivity contribution is 4.87. The van der Waals surface area contributed by atoms with Gasteiger partial charge in [0.15, 0.2) is 0 Å². The van der Waals surface area contributed by atoms with Gasteiger partial charge in [0.25, 0.3) is 0 Å². The third-order valence-electron chi connectivity index (χ3n) is 2.60. The van der Waals surface area contributed by atoms with Crippen LogP contribution in [0.2, 0.25) is 0 Å². The van der Waals surface area contributed by atoms with Crippen molar-refractivity contribution in [1.82, 2.24) is 15.3 Å². The van der Waals surface area contributed by atoms with E-state index in [9.17, 15) is 0 Å². The molecule has 0 amide bonds. The van der Waals surface area contributed by atoms with E-state index < -0.39 is 0 Å². The molecule has 0 unspecified atom stereocenters. The summed E-state index contributed by atoms with van der Waals surface area (Å²) in [6.07, 6.45) is 7.32. The molecule has 1 N–H and O–H groups in total. The lowest BCUT2D eigenvalue weighted by atomic mass is 10.4. The Morgan fingerprint density at radius 3 is 2.88 bits per heavy atom. The molecule has 0 saturated heterocycles. The van der Waals surface area contributed by atoms with Crippen LogP contribution in [0.4, 0.5) is 0 Å². The van der Waals surface area contributed by atoms with E-state index in [1.54, 1.807) is 12.4 Å². The summed E-state index contributed by atoms with van der Waals surface area (Å²) in [6, 6.07) is 1.83. The average molecular weight is 221 g/mol.